The number of anilines is 1. The molecule has 0 atom stereocenters. The van der Waals surface area contributed by atoms with Gasteiger partial charge in [0.1, 0.15) is 5.69 Å². The van der Waals surface area contributed by atoms with E-state index in [9.17, 15) is 0 Å². The number of hydrogen-bond donors (Lipinski definition) is 2. The summed E-state index contributed by atoms with van der Waals surface area (Å²) in [6.07, 6.45) is 1.67. The highest BCUT2D eigenvalue weighted by Gasteiger charge is 2.09. The van der Waals surface area contributed by atoms with Crippen LogP contribution in [0, 0.1) is 6.92 Å². The van der Waals surface area contributed by atoms with Gasteiger partial charge in [0, 0.05) is 18.7 Å². The molecule has 0 radical (unpaired) electrons. The number of nitrogens with two attached hydrogens (primary N) is 1. The normalized spacial score (nSPS) is 10.4. The van der Waals surface area contributed by atoms with Gasteiger partial charge in [-0.05, 0) is 6.92 Å². The molecule has 3 N–H and O–H groups in total. The molecule has 1 heterocycles. The number of rotatable bonds is 4. The van der Waals surface area contributed by atoms with Crippen LogP contribution in [0.5, 0.6) is 0 Å². The van der Waals surface area contributed by atoms with Crippen LogP contribution in [0.2, 0.25) is 0 Å². The van der Waals surface area contributed by atoms with Crippen molar-refractivity contribution in [2.24, 2.45) is 5.73 Å². The van der Waals surface area contributed by atoms with E-state index in [0.29, 0.717) is 13.1 Å². The molecule has 2 aromatic rings. The summed E-state index contributed by atoms with van der Waals surface area (Å²) >= 11 is 0. The summed E-state index contributed by atoms with van der Waals surface area (Å²) in [6.45, 7) is 3.34. The fourth-order valence-corrected chi connectivity index (χ4v) is 1.49. The van der Waals surface area contributed by atoms with Crippen LogP contribution < -0.4 is 11.1 Å². The van der Waals surface area contributed by atoms with Crippen molar-refractivity contribution in [3.63, 3.8) is 0 Å². The summed E-state index contributed by atoms with van der Waals surface area (Å²) in [6, 6.07) is 8.13. The molecule has 0 aliphatic rings. The number of aryl methyl sites for hydroxylation is 1. The first kappa shape index (κ1) is 10.7. The summed E-state index contributed by atoms with van der Waals surface area (Å²) in [4.78, 5) is 0. The van der Waals surface area contributed by atoms with Crippen LogP contribution in [0.15, 0.2) is 35.0 Å². The zero-order valence-electron chi connectivity index (χ0n) is 9.23. The highest BCUT2D eigenvalue weighted by atomic mass is 16.5. The van der Waals surface area contributed by atoms with Crippen LogP contribution in [-0.2, 0) is 0 Å². The standard InChI is InChI=1S/C12H15N3O/c1-9-2-4-10(5-3-9)12-11(8-15-16-12)14-7-6-13/h2-5,8,14H,6-7,13H2,1H3. The van der Waals surface area contributed by atoms with Gasteiger partial charge in [0.05, 0.1) is 6.20 Å². The summed E-state index contributed by atoms with van der Waals surface area (Å²) < 4.78 is 5.23. The Balaban J connectivity index is 2.26. The molecular weight excluding hydrogens is 202 g/mol. The van der Waals surface area contributed by atoms with Crippen molar-refractivity contribution in [2.75, 3.05) is 18.4 Å². The lowest BCUT2D eigenvalue weighted by Gasteiger charge is -2.03. The minimum absolute atomic E-state index is 0.582. The van der Waals surface area contributed by atoms with Crippen LogP contribution in [0.3, 0.4) is 0 Å². The van der Waals surface area contributed by atoms with E-state index in [1.807, 2.05) is 24.3 Å². The lowest BCUT2D eigenvalue weighted by atomic mass is 10.1. The van der Waals surface area contributed by atoms with Crippen LogP contribution in [0.25, 0.3) is 11.3 Å². The molecule has 0 saturated carbocycles. The first-order valence-electron chi connectivity index (χ1n) is 5.27. The minimum Gasteiger partial charge on any atom is -0.379 e. The third-order valence-corrected chi connectivity index (χ3v) is 2.34. The topological polar surface area (TPSA) is 64.1 Å². The smallest absolute Gasteiger partial charge is 0.189 e. The lowest BCUT2D eigenvalue weighted by molar-refractivity contribution is 0.432. The second kappa shape index (κ2) is 4.81. The van der Waals surface area contributed by atoms with Crippen LogP contribution >= 0.6 is 0 Å². The van der Waals surface area contributed by atoms with Gasteiger partial charge in [0.2, 0.25) is 0 Å². The van der Waals surface area contributed by atoms with Crippen molar-refractivity contribution in [3.05, 3.63) is 36.0 Å². The van der Waals surface area contributed by atoms with Crippen molar-refractivity contribution < 1.29 is 4.52 Å². The summed E-state index contributed by atoms with van der Waals surface area (Å²) in [7, 11) is 0. The number of nitrogens with one attached hydrogen (secondary N) is 1. The highest BCUT2D eigenvalue weighted by molar-refractivity contribution is 5.71. The Morgan fingerprint density at radius 1 is 1.31 bits per heavy atom. The Bertz CT molecular complexity index is 448. The molecule has 0 fully saturated rings. The number of aromatic nitrogens is 1. The van der Waals surface area contributed by atoms with E-state index in [-0.39, 0.29) is 0 Å². The largest absolute Gasteiger partial charge is 0.379 e. The van der Waals surface area contributed by atoms with Gasteiger partial charge in [0.25, 0.3) is 0 Å². The van der Waals surface area contributed by atoms with Crippen molar-refractivity contribution >= 4 is 5.69 Å². The molecule has 0 amide bonds. The summed E-state index contributed by atoms with van der Waals surface area (Å²) in [5.74, 6) is 0.758. The van der Waals surface area contributed by atoms with Gasteiger partial charge in [-0.3, -0.25) is 0 Å². The lowest BCUT2D eigenvalue weighted by Crippen LogP contribution is -2.12. The average molecular weight is 217 g/mol. The van der Waals surface area contributed by atoms with Crippen molar-refractivity contribution in [1.29, 1.82) is 0 Å². The van der Waals surface area contributed by atoms with Crippen LogP contribution in [0.1, 0.15) is 5.56 Å². The number of nitrogens with zero attached hydrogens (tertiary/aromatic N) is 1. The Morgan fingerprint density at radius 2 is 2.06 bits per heavy atom. The maximum Gasteiger partial charge on any atom is 0.189 e. The molecule has 2 rings (SSSR count). The van der Waals surface area contributed by atoms with Gasteiger partial charge in [-0.1, -0.05) is 35.0 Å². The predicted octanol–water partition coefficient (Wildman–Crippen LogP) is 2.02. The molecule has 1 aromatic heterocycles. The van der Waals surface area contributed by atoms with E-state index in [4.69, 9.17) is 10.3 Å². The van der Waals surface area contributed by atoms with E-state index in [1.165, 1.54) is 5.56 Å². The predicted molar refractivity (Wildman–Crippen MR) is 64.2 cm³/mol. The van der Waals surface area contributed by atoms with Gasteiger partial charge in [0.15, 0.2) is 5.76 Å². The van der Waals surface area contributed by atoms with Crippen molar-refractivity contribution in [3.8, 4) is 11.3 Å². The average Bonchev–Trinajstić information content (AvgIpc) is 2.75. The molecule has 0 unspecified atom stereocenters. The number of hydrogen-bond acceptors (Lipinski definition) is 4. The molecule has 16 heavy (non-hydrogen) atoms. The zero-order chi connectivity index (χ0) is 11.4. The van der Waals surface area contributed by atoms with E-state index in [1.54, 1.807) is 6.20 Å². The van der Waals surface area contributed by atoms with Gasteiger partial charge in [-0.15, -0.1) is 0 Å². The van der Waals surface area contributed by atoms with Crippen molar-refractivity contribution in [1.82, 2.24) is 5.16 Å². The quantitative estimate of drug-likeness (QED) is 0.822. The first-order valence-corrected chi connectivity index (χ1v) is 5.27. The second-order valence-electron chi connectivity index (χ2n) is 3.65. The number of benzene rings is 1. The molecule has 84 valence electrons. The van der Waals surface area contributed by atoms with E-state index in [0.717, 1.165) is 17.0 Å². The maximum absolute atomic E-state index is 5.44. The second-order valence-corrected chi connectivity index (χ2v) is 3.65. The molecule has 0 spiro atoms. The summed E-state index contributed by atoms with van der Waals surface area (Å²) in [5, 5.41) is 6.97. The van der Waals surface area contributed by atoms with E-state index < -0.39 is 0 Å². The molecule has 0 bridgehead atoms. The first-order chi connectivity index (χ1) is 7.81. The molecule has 1 aromatic carbocycles. The maximum atomic E-state index is 5.44. The van der Waals surface area contributed by atoms with E-state index >= 15 is 0 Å². The van der Waals surface area contributed by atoms with Gasteiger partial charge < -0.3 is 15.6 Å². The molecule has 0 aliphatic carbocycles. The summed E-state index contributed by atoms with van der Waals surface area (Å²) in [5.41, 5.74) is 8.56. The Morgan fingerprint density at radius 3 is 2.75 bits per heavy atom. The fraction of sp³-hybridized carbons (Fsp3) is 0.250. The SMILES string of the molecule is Cc1ccc(-c2oncc2NCCN)cc1. The Kier molecular flexibility index (Phi) is 3.22. The Labute approximate surface area is 94.4 Å². The fourth-order valence-electron chi connectivity index (χ4n) is 1.49. The molecule has 0 aliphatic heterocycles. The van der Waals surface area contributed by atoms with E-state index in [2.05, 4.69) is 17.4 Å². The van der Waals surface area contributed by atoms with Crippen molar-refractivity contribution in [2.45, 2.75) is 6.92 Å². The van der Waals surface area contributed by atoms with Gasteiger partial charge in [-0.25, -0.2) is 0 Å². The molecular formula is C12H15N3O. The third kappa shape index (κ3) is 2.23. The highest BCUT2D eigenvalue weighted by Crippen LogP contribution is 2.27. The molecule has 4 heteroatoms. The minimum atomic E-state index is 0.582. The monoisotopic (exact) mass is 217 g/mol. The molecule has 4 nitrogen and oxygen atoms in total. The van der Waals surface area contributed by atoms with Crippen LogP contribution in [-0.4, -0.2) is 18.2 Å². The van der Waals surface area contributed by atoms with Gasteiger partial charge in [-0.2, -0.15) is 0 Å². The zero-order valence-corrected chi connectivity index (χ0v) is 9.23. The van der Waals surface area contributed by atoms with Gasteiger partial charge >= 0.3 is 0 Å². The van der Waals surface area contributed by atoms with Crippen LogP contribution in [0.4, 0.5) is 5.69 Å². The Hall–Kier alpha value is -1.81. The molecule has 0 saturated heterocycles. The third-order valence-electron chi connectivity index (χ3n) is 2.34.